The SMILES string of the molecule is COc1cccc(Nc2cc(-c3ccc4c(c3)N(CCN3CCOCC3)C(=O)CO4)ccn2)c1. The first-order valence-corrected chi connectivity index (χ1v) is 11.4. The minimum Gasteiger partial charge on any atom is -0.497 e. The predicted molar refractivity (Wildman–Crippen MR) is 131 cm³/mol. The van der Waals surface area contributed by atoms with Crippen LogP contribution in [0.4, 0.5) is 17.2 Å². The Morgan fingerprint density at radius 1 is 1.03 bits per heavy atom. The Balaban J connectivity index is 1.37. The molecule has 8 nitrogen and oxygen atoms in total. The second-order valence-electron chi connectivity index (χ2n) is 8.26. The second-order valence-corrected chi connectivity index (χ2v) is 8.26. The first-order chi connectivity index (χ1) is 16.7. The van der Waals surface area contributed by atoms with Crippen molar-refractivity contribution >= 4 is 23.1 Å². The number of carbonyl (C=O) groups is 1. The van der Waals surface area contributed by atoms with Crippen molar-refractivity contribution in [2.24, 2.45) is 0 Å². The van der Waals surface area contributed by atoms with Gasteiger partial charge in [0, 0.05) is 44.1 Å². The molecule has 1 N–H and O–H groups in total. The molecule has 0 radical (unpaired) electrons. The second kappa shape index (κ2) is 10.1. The van der Waals surface area contributed by atoms with Crippen LogP contribution >= 0.6 is 0 Å². The molecule has 0 atom stereocenters. The highest BCUT2D eigenvalue weighted by Crippen LogP contribution is 2.36. The van der Waals surface area contributed by atoms with Crippen molar-refractivity contribution in [1.82, 2.24) is 9.88 Å². The molecule has 1 saturated heterocycles. The molecule has 3 heterocycles. The van der Waals surface area contributed by atoms with E-state index in [9.17, 15) is 4.79 Å². The zero-order valence-electron chi connectivity index (χ0n) is 19.2. The fraction of sp³-hybridized carbons (Fsp3) is 0.308. The van der Waals surface area contributed by atoms with Gasteiger partial charge in [0.1, 0.15) is 17.3 Å². The van der Waals surface area contributed by atoms with Gasteiger partial charge < -0.3 is 24.4 Å². The Labute approximate surface area is 199 Å². The average molecular weight is 461 g/mol. The monoisotopic (exact) mass is 460 g/mol. The molecule has 3 aromatic rings. The lowest BCUT2D eigenvalue weighted by Gasteiger charge is -2.33. The number of anilines is 3. The number of nitrogens with one attached hydrogen (secondary N) is 1. The normalized spacial score (nSPS) is 16.0. The number of hydrogen-bond donors (Lipinski definition) is 1. The molecule has 0 unspecified atom stereocenters. The Hall–Kier alpha value is -3.62. The molecule has 2 aliphatic rings. The van der Waals surface area contributed by atoms with E-state index in [1.807, 2.05) is 59.5 Å². The largest absolute Gasteiger partial charge is 0.497 e. The molecule has 0 saturated carbocycles. The van der Waals surface area contributed by atoms with Crippen LogP contribution in [0.1, 0.15) is 0 Å². The molecule has 5 rings (SSSR count). The van der Waals surface area contributed by atoms with Gasteiger partial charge in [0.2, 0.25) is 0 Å². The van der Waals surface area contributed by atoms with Gasteiger partial charge in [-0.2, -0.15) is 0 Å². The molecule has 1 amide bonds. The number of amides is 1. The third-order valence-corrected chi connectivity index (χ3v) is 6.08. The number of hydrogen-bond acceptors (Lipinski definition) is 7. The van der Waals surface area contributed by atoms with Gasteiger partial charge in [-0.05, 0) is 47.5 Å². The molecule has 34 heavy (non-hydrogen) atoms. The summed E-state index contributed by atoms with van der Waals surface area (Å²) in [7, 11) is 1.65. The van der Waals surface area contributed by atoms with Crippen molar-refractivity contribution in [3.8, 4) is 22.6 Å². The van der Waals surface area contributed by atoms with Crippen LogP contribution in [0.25, 0.3) is 11.1 Å². The minimum absolute atomic E-state index is 0.0204. The minimum atomic E-state index is -0.0204. The van der Waals surface area contributed by atoms with E-state index in [0.29, 0.717) is 6.54 Å². The lowest BCUT2D eigenvalue weighted by atomic mass is 10.0. The Kier molecular flexibility index (Phi) is 6.60. The number of fused-ring (bicyclic) bond motifs is 1. The van der Waals surface area contributed by atoms with Gasteiger partial charge in [0.05, 0.1) is 26.0 Å². The van der Waals surface area contributed by atoms with Crippen LogP contribution in [0, 0.1) is 0 Å². The lowest BCUT2D eigenvalue weighted by Crippen LogP contribution is -2.45. The molecule has 1 aromatic heterocycles. The highest BCUT2D eigenvalue weighted by atomic mass is 16.5. The zero-order chi connectivity index (χ0) is 23.3. The van der Waals surface area contributed by atoms with Crippen LogP contribution in [-0.4, -0.2) is 68.9 Å². The van der Waals surface area contributed by atoms with Gasteiger partial charge in [-0.15, -0.1) is 0 Å². The lowest BCUT2D eigenvalue weighted by molar-refractivity contribution is -0.121. The van der Waals surface area contributed by atoms with Crippen LogP contribution in [0.3, 0.4) is 0 Å². The Bertz CT molecular complexity index is 1160. The van der Waals surface area contributed by atoms with Crippen molar-refractivity contribution < 1.29 is 19.0 Å². The van der Waals surface area contributed by atoms with Crippen LogP contribution in [0.2, 0.25) is 0 Å². The van der Waals surface area contributed by atoms with Crippen molar-refractivity contribution in [3.05, 3.63) is 60.8 Å². The van der Waals surface area contributed by atoms with Crippen LogP contribution in [0.15, 0.2) is 60.8 Å². The number of aromatic nitrogens is 1. The highest BCUT2D eigenvalue weighted by molar-refractivity contribution is 5.98. The number of pyridine rings is 1. The van der Waals surface area contributed by atoms with Gasteiger partial charge >= 0.3 is 0 Å². The Morgan fingerprint density at radius 2 is 1.88 bits per heavy atom. The first kappa shape index (κ1) is 22.2. The van der Waals surface area contributed by atoms with Gasteiger partial charge in [0.15, 0.2) is 6.61 Å². The third kappa shape index (κ3) is 4.98. The molecule has 176 valence electrons. The Morgan fingerprint density at radius 3 is 2.74 bits per heavy atom. The van der Waals surface area contributed by atoms with E-state index >= 15 is 0 Å². The third-order valence-electron chi connectivity index (χ3n) is 6.08. The average Bonchev–Trinajstić information content (AvgIpc) is 2.88. The van der Waals surface area contributed by atoms with Crippen LogP contribution in [0.5, 0.6) is 11.5 Å². The van der Waals surface area contributed by atoms with E-state index in [0.717, 1.165) is 72.7 Å². The number of morpholine rings is 1. The van der Waals surface area contributed by atoms with Gasteiger partial charge in [-0.25, -0.2) is 4.98 Å². The summed E-state index contributed by atoms with van der Waals surface area (Å²) in [6, 6.07) is 17.6. The number of methoxy groups -OCH3 is 1. The molecular formula is C26H28N4O4. The zero-order valence-corrected chi connectivity index (χ0v) is 19.2. The number of ether oxygens (including phenoxy) is 3. The predicted octanol–water partition coefficient (Wildman–Crippen LogP) is 3.56. The molecule has 2 aromatic carbocycles. The van der Waals surface area contributed by atoms with E-state index in [-0.39, 0.29) is 12.5 Å². The van der Waals surface area contributed by atoms with E-state index < -0.39 is 0 Å². The summed E-state index contributed by atoms with van der Waals surface area (Å²) >= 11 is 0. The number of carbonyl (C=O) groups excluding carboxylic acids is 1. The van der Waals surface area contributed by atoms with Crippen molar-refractivity contribution in [2.75, 3.05) is 63.3 Å². The molecule has 1 fully saturated rings. The summed E-state index contributed by atoms with van der Waals surface area (Å²) in [5, 5.41) is 3.33. The van der Waals surface area contributed by atoms with Gasteiger partial charge in [-0.1, -0.05) is 12.1 Å². The summed E-state index contributed by atoms with van der Waals surface area (Å²) in [6.07, 6.45) is 1.77. The summed E-state index contributed by atoms with van der Waals surface area (Å²) in [5.41, 5.74) is 3.68. The number of benzene rings is 2. The maximum absolute atomic E-state index is 12.7. The van der Waals surface area contributed by atoms with E-state index in [1.165, 1.54) is 0 Å². The summed E-state index contributed by atoms with van der Waals surface area (Å²) < 4.78 is 16.4. The van der Waals surface area contributed by atoms with Gasteiger partial charge in [-0.3, -0.25) is 9.69 Å². The first-order valence-electron chi connectivity index (χ1n) is 11.4. The molecule has 0 aliphatic carbocycles. The standard InChI is InChI=1S/C26H28N4O4/c1-32-22-4-2-3-21(17-22)28-25-16-20(7-8-27-25)19-5-6-24-23(15-19)30(26(31)18-34-24)10-9-29-11-13-33-14-12-29/h2-8,15-17H,9-14,18H2,1H3,(H,27,28). The van der Waals surface area contributed by atoms with E-state index in [2.05, 4.69) is 15.2 Å². The highest BCUT2D eigenvalue weighted by Gasteiger charge is 2.26. The van der Waals surface area contributed by atoms with Crippen molar-refractivity contribution in [2.45, 2.75) is 0 Å². The quantitative estimate of drug-likeness (QED) is 0.578. The molecular weight excluding hydrogens is 432 g/mol. The maximum atomic E-state index is 12.7. The van der Waals surface area contributed by atoms with Gasteiger partial charge in [0.25, 0.3) is 5.91 Å². The number of nitrogens with zero attached hydrogens (tertiary/aromatic N) is 3. The summed E-state index contributed by atoms with van der Waals surface area (Å²) in [6.45, 7) is 4.77. The topological polar surface area (TPSA) is 76.2 Å². The smallest absolute Gasteiger partial charge is 0.265 e. The number of rotatable bonds is 7. The molecule has 0 spiro atoms. The summed E-state index contributed by atoms with van der Waals surface area (Å²) in [5.74, 6) is 2.21. The van der Waals surface area contributed by atoms with Crippen LogP contribution in [-0.2, 0) is 9.53 Å². The maximum Gasteiger partial charge on any atom is 0.265 e. The molecule has 8 heteroatoms. The molecule has 2 aliphatic heterocycles. The fourth-order valence-corrected chi connectivity index (χ4v) is 4.22. The van der Waals surface area contributed by atoms with Crippen molar-refractivity contribution in [3.63, 3.8) is 0 Å². The molecule has 0 bridgehead atoms. The van der Waals surface area contributed by atoms with Crippen LogP contribution < -0.4 is 19.7 Å². The van der Waals surface area contributed by atoms with E-state index in [4.69, 9.17) is 14.2 Å². The van der Waals surface area contributed by atoms with Crippen molar-refractivity contribution in [1.29, 1.82) is 0 Å². The van der Waals surface area contributed by atoms with E-state index in [1.54, 1.807) is 13.3 Å². The summed E-state index contributed by atoms with van der Waals surface area (Å²) in [4.78, 5) is 21.3. The fourth-order valence-electron chi connectivity index (χ4n) is 4.22.